The second-order valence-electron chi connectivity index (χ2n) is 7.09. The Morgan fingerprint density at radius 2 is 2.04 bits per heavy atom. The number of Topliss-reactive ketones (excluding diaryl/α,β-unsaturated/α-hetero) is 1. The summed E-state index contributed by atoms with van der Waals surface area (Å²) in [6, 6.07) is 12.7. The molecule has 1 aromatic carbocycles. The number of urea groups is 1. The highest BCUT2D eigenvalue weighted by molar-refractivity contribution is 6.05. The molecule has 3 N–H and O–H groups in total. The molecule has 0 saturated carbocycles. The maximum atomic E-state index is 13.2. The Kier molecular flexibility index (Phi) is 6.38. The summed E-state index contributed by atoms with van der Waals surface area (Å²) in [6.45, 7) is 3.26. The number of aliphatic hydroxyl groups excluding tert-OH is 1. The first kappa shape index (κ1) is 20.0. The number of aliphatic hydroxyl groups is 1. The van der Waals surface area contributed by atoms with Crippen LogP contribution < -0.4 is 10.6 Å². The minimum Gasteiger partial charge on any atom is -0.395 e. The van der Waals surface area contributed by atoms with Crippen LogP contribution in [-0.2, 0) is 6.54 Å². The molecule has 2 heterocycles. The first-order valence-electron chi connectivity index (χ1n) is 9.44. The minimum absolute atomic E-state index is 0.151. The Bertz CT molecular complexity index is 802. The van der Waals surface area contributed by atoms with Crippen molar-refractivity contribution in [1.82, 2.24) is 20.5 Å². The van der Waals surface area contributed by atoms with Gasteiger partial charge in [0.25, 0.3) is 0 Å². The number of carbonyl (C=O) groups is 2. The van der Waals surface area contributed by atoms with Crippen molar-refractivity contribution in [3.05, 3.63) is 65.5 Å². The molecule has 0 bridgehead atoms. The van der Waals surface area contributed by atoms with Crippen LogP contribution in [0.4, 0.5) is 4.79 Å². The van der Waals surface area contributed by atoms with Gasteiger partial charge in [-0.1, -0.05) is 30.3 Å². The Hall–Kier alpha value is -2.77. The van der Waals surface area contributed by atoms with Gasteiger partial charge in [0, 0.05) is 37.1 Å². The molecular weight excluding hydrogens is 356 g/mol. The molecular formula is C21H26N4O3. The van der Waals surface area contributed by atoms with E-state index in [-0.39, 0.29) is 25.0 Å². The lowest BCUT2D eigenvalue weighted by Crippen LogP contribution is -2.59. The van der Waals surface area contributed by atoms with Crippen LogP contribution in [0, 0.1) is 6.92 Å². The van der Waals surface area contributed by atoms with Crippen molar-refractivity contribution in [1.29, 1.82) is 0 Å². The van der Waals surface area contributed by atoms with E-state index in [9.17, 15) is 14.7 Å². The van der Waals surface area contributed by atoms with Crippen molar-refractivity contribution in [2.45, 2.75) is 25.4 Å². The molecule has 3 rings (SSSR count). The van der Waals surface area contributed by atoms with Crippen molar-refractivity contribution < 1.29 is 14.7 Å². The molecule has 148 valence electrons. The van der Waals surface area contributed by atoms with E-state index in [0.717, 1.165) is 11.3 Å². The van der Waals surface area contributed by atoms with E-state index in [0.29, 0.717) is 31.6 Å². The highest BCUT2D eigenvalue weighted by atomic mass is 16.3. The van der Waals surface area contributed by atoms with Gasteiger partial charge < -0.3 is 20.6 Å². The Balaban J connectivity index is 1.78. The number of amides is 2. The predicted octanol–water partition coefficient (Wildman–Crippen LogP) is 1.51. The number of hydrogen-bond donors (Lipinski definition) is 3. The Labute approximate surface area is 164 Å². The number of pyridine rings is 1. The number of aromatic nitrogens is 1. The number of aryl methyl sites for hydroxylation is 1. The molecule has 0 spiro atoms. The van der Waals surface area contributed by atoms with Gasteiger partial charge in [-0.25, -0.2) is 4.79 Å². The van der Waals surface area contributed by atoms with E-state index in [4.69, 9.17) is 0 Å². The van der Waals surface area contributed by atoms with Gasteiger partial charge in [0.2, 0.25) is 0 Å². The van der Waals surface area contributed by atoms with Crippen LogP contribution >= 0.6 is 0 Å². The summed E-state index contributed by atoms with van der Waals surface area (Å²) in [5, 5.41) is 15.5. The first-order chi connectivity index (χ1) is 13.5. The Morgan fingerprint density at radius 1 is 1.25 bits per heavy atom. The lowest BCUT2D eigenvalue weighted by atomic mass is 9.89. The van der Waals surface area contributed by atoms with Gasteiger partial charge in [-0.2, -0.15) is 0 Å². The van der Waals surface area contributed by atoms with Crippen molar-refractivity contribution >= 4 is 11.8 Å². The zero-order chi connectivity index (χ0) is 20.0. The van der Waals surface area contributed by atoms with E-state index >= 15 is 0 Å². The van der Waals surface area contributed by atoms with Crippen LogP contribution in [-0.4, -0.2) is 58.6 Å². The molecule has 7 heteroatoms. The predicted molar refractivity (Wildman–Crippen MR) is 106 cm³/mol. The average Bonchev–Trinajstić information content (AvgIpc) is 3.18. The fourth-order valence-electron chi connectivity index (χ4n) is 3.39. The fraction of sp³-hybridized carbons (Fsp3) is 0.381. The molecule has 1 aromatic heterocycles. The Morgan fingerprint density at radius 3 is 2.64 bits per heavy atom. The molecule has 0 aliphatic carbocycles. The standard InChI is InChI=1S/C21H26N4O3/c1-16-7-8-18(13-23-16)19(27)21(9-10-22-15-21)24-20(28)25(11-12-26)14-17-5-3-2-4-6-17/h2-8,13,22,26H,9-12,14-15H2,1H3,(H,24,28)/t21-/m1/s1. The lowest BCUT2D eigenvalue weighted by molar-refractivity contribution is 0.0859. The summed E-state index contributed by atoms with van der Waals surface area (Å²) in [4.78, 5) is 31.9. The van der Waals surface area contributed by atoms with Gasteiger partial charge in [0.15, 0.2) is 5.78 Å². The highest BCUT2D eigenvalue weighted by Crippen LogP contribution is 2.22. The fourth-order valence-corrected chi connectivity index (χ4v) is 3.39. The quantitative estimate of drug-likeness (QED) is 0.631. The molecule has 0 radical (unpaired) electrons. The number of carbonyl (C=O) groups excluding carboxylic acids is 2. The third-order valence-electron chi connectivity index (χ3n) is 4.98. The lowest BCUT2D eigenvalue weighted by Gasteiger charge is -2.32. The minimum atomic E-state index is -1.02. The number of rotatable bonds is 7. The number of benzene rings is 1. The zero-order valence-electron chi connectivity index (χ0n) is 16.0. The number of hydrogen-bond acceptors (Lipinski definition) is 5. The van der Waals surface area contributed by atoms with Gasteiger partial charge in [-0.15, -0.1) is 0 Å². The summed E-state index contributed by atoms with van der Waals surface area (Å²) < 4.78 is 0. The summed E-state index contributed by atoms with van der Waals surface area (Å²) >= 11 is 0. The summed E-state index contributed by atoms with van der Waals surface area (Å²) in [5.41, 5.74) is 1.25. The molecule has 1 saturated heterocycles. The second-order valence-corrected chi connectivity index (χ2v) is 7.09. The second kappa shape index (κ2) is 8.95. The van der Waals surface area contributed by atoms with E-state index in [1.54, 1.807) is 18.3 Å². The molecule has 0 unspecified atom stereocenters. The average molecular weight is 382 g/mol. The normalized spacial score (nSPS) is 18.6. The third kappa shape index (κ3) is 4.55. The summed E-state index contributed by atoms with van der Waals surface area (Å²) in [5.74, 6) is -0.151. The van der Waals surface area contributed by atoms with Gasteiger partial charge in [0.05, 0.1) is 6.61 Å². The van der Waals surface area contributed by atoms with E-state index in [1.165, 1.54) is 4.90 Å². The molecule has 1 aliphatic heterocycles. The van der Waals surface area contributed by atoms with Crippen LogP contribution in [0.2, 0.25) is 0 Å². The van der Waals surface area contributed by atoms with E-state index < -0.39 is 5.54 Å². The van der Waals surface area contributed by atoms with Gasteiger partial charge in [-0.05, 0) is 37.6 Å². The summed E-state index contributed by atoms with van der Waals surface area (Å²) in [6.07, 6.45) is 2.06. The van der Waals surface area contributed by atoms with Crippen LogP contribution in [0.5, 0.6) is 0 Å². The molecule has 2 aromatic rings. The zero-order valence-corrected chi connectivity index (χ0v) is 16.0. The number of ketones is 1. The van der Waals surface area contributed by atoms with E-state index in [2.05, 4.69) is 15.6 Å². The van der Waals surface area contributed by atoms with Crippen LogP contribution in [0.25, 0.3) is 0 Å². The van der Waals surface area contributed by atoms with Crippen molar-refractivity contribution in [3.8, 4) is 0 Å². The van der Waals surface area contributed by atoms with E-state index in [1.807, 2.05) is 37.3 Å². The van der Waals surface area contributed by atoms with Gasteiger partial charge in [-0.3, -0.25) is 9.78 Å². The molecule has 1 aliphatic rings. The smallest absolute Gasteiger partial charge is 0.318 e. The van der Waals surface area contributed by atoms with Crippen LogP contribution in [0.15, 0.2) is 48.7 Å². The highest BCUT2D eigenvalue weighted by Gasteiger charge is 2.43. The molecule has 28 heavy (non-hydrogen) atoms. The molecule has 1 fully saturated rings. The maximum absolute atomic E-state index is 13.2. The summed E-state index contributed by atoms with van der Waals surface area (Å²) in [7, 11) is 0. The monoisotopic (exact) mass is 382 g/mol. The molecule has 2 amide bonds. The van der Waals surface area contributed by atoms with Gasteiger partial charge >= 0.3 is 6.03 Å². The number of nitrogens with zero attached hydrogens (tertiary/aromatic N) is 2. The third-order valence-corrected chi connectivity index (χ3v) is 4.98. The van der Waals surface area contributed by atoms with Gasteiger partial charge in [0.1, 0.15) is 5.54 Å². The molecule has 7 nitrogen and oxygen atoms in total. The largest absolute Gasteiger partial charge is 0.395 e. The van der Waals surface area contributed by atoms with Crippen molar-refractivity contribution in [2.24, 2.45) is 0 Å². The van der Waals surface area contributed by atoms with Crippen molar-refractivity contribution in [3.63, 3.8) is 0 Å². The van der Waals surface area contributed by atoms with Crippen LogP contribution in [0.1, 0.15) is 28.0 Å². The maximum Gasteiger partial charge on any atom is 0.318 e. The molecule has 1 atom stereocenters. The SMILES string of the molecule is Cc1ccc(C(=O)[C@@]2(NC(=O)N(CCO)Cc3ccccc3)CCNC2)cn1. The van der Waals surface area contributed by atoms with Crippen molar-refractivity contribution in [2.75, 3.05) is 26.2 Å². The topological polar surface area (TPSA) is 94.6 Å². The van der Waals surface area contributed by atoms with Crippen LogP contribution in [0.3, 0.4) is 0 Å². The number of nitrogens with one attached hydrogen (secondary N) is 2. The first-order valence-corrected chi connectivity index (χ1v) is 9.44.